The lowest BCUT2D eigenvalue weighted by molar-refractivity contribution is 0.304. The van der Waals surface area contributed by atoms with Crippen LogP contribution in [0, 0.1) is 0 Å². The molecule has 70 valence electrons. The van der Waals surface area contributed by atoms with Crippen LogP contribution in [0.3, 0.4) is 0 Å². The van der Waals surface area contributed by atoms with Gasteiger partial charge in [-0.1, -0.05) is 0 Å². The number of hydrogen-bond acceptors (Lipinski definition) is 3. The van der Waals surface area contributed by atoms with Crippen molar-refractivity contribution >= 4 is 10.0 Å². The fourth-order valence-corrected chi connectivity index (χ4v) is 2.42. The monoisotopic (exact) mass is 199 g/mol. The van der Waals surface area contributed by atoms with E-state index in [4.69, 9.17) is 9.88 Å². The molecule has 5 heteroatoms. The van der Waals surface area contributed by atoms with Gasteiger partial charge in [0.05, 0.1) is 12.0 Å². The topological polar surface area (TPSA) is 69.4 Å². The molecule has 0 fully saturated rings. The van der Waals surface area contributed by atoms with Crippen molar-refractivity contribution < 1.29 is 13.2 Å². The summed E-state index contributed by atoms with van der Waals surface area (Å²) < 4.78 is 27.2. The second-order valence-corrected chi connectivity index (χ2v) is 4.53. The molecule has 2 rings (SSSR count). The van der Waals surface area contributed by atoms with Gasteiger partial charge in [0, 0.05) is 12.0 Å². The zero-order chi connectivity index (χ0) is 9.64. The Hall–Kier alpha value is -1.07. The quantitative estimate of drug-likeness (QED) is 0.700. The number of methoxy groups -OCH3 is 1. The molecule has 0 saturated heterocycles. The Balaban J connectivity index is 2.55. The van der Waals surface area contributed by atoms with Gasteiger partial charge in [-0.15, -0.1) is 0 Å². The summed E-state index contributed by atoms with van der Waals surface area (Å²) in [5, 5.41) is 5.03. The van der Waals surface area contributed by atoms with Crippen molar-refractivity contribution in [2.75, 3.05) is 7.11 Å². The van der Waals surface area contributed by atoms with Crippen LogP contribution in [0.4, 0.5) is 0 Å². The number of allylic oxidation sites excluding steroid dienone is 4. The molecule has 0 heterocycles. The molecule has 0 aromatic heterocycles. The second kappa shape index (κ2) is 2.46. The molecule has 0 unspecified atom stereocenters. The summed E-state index contributed by atoms with van der Waals surface area (Å²) in [6.07, 6.45) is 4.03. The van der Waals surface area contributed by atoms with Gasteiger partial charge in [-0.2, -0.15) is 0 Å². The maximum Gasteiger partial charge on any atom is 0.238 e. The molecule has 0 atom stereocenters. The van der Waals surface area contributed by atoms with E-state index in [1.54, 1.807) is 6.08 Å². The lowest BCUT2D eigenvalue weighted by Crippen LogP contribution is -2.15. The molecule has 13 heavy (non-hydrogen) atoms. The van der Waals surface area contributed by atoms with Crippen LogP contribution in [0.25, 0.3) is 0 Å². The van der Waals surface area contributed by atoms with E-state index in [1.165, 1.54) is 7.11 Å². The standard InChI is InChI=1S/C8H9NO3S/c1-12-7-3-5-2-6(7)8(4-5)13(9,10)11/h3-4H,2H2,1H3,(H2,9,10,11). The Morgan fingerprint density at radius 2 is 2.15 bits per heavy atom. The summed E-state index contributed by atoms with van der Waals surface area (Å²) in [4.78, 5) is 0.196. The third-order valence-electron chi connectivity index (χ3n) is 2.14. The number of primary sulfonamides is 1. The van der Waals surface area contributed by atoms with Gasteiger partial charge in [0.1, 0.15) is 5.76 Å². The Morgan fingerprint density at radius 1 is 1.46 bits per heavy atom. The zero-order valence-electron chi connectivity index (χ0n) is 7.07. The van der Waals surface area contributed by atoms with Crippen LogP contribution in [0.5, 0.6) is 0 Å². The summed E-state index contributed by atoms with van der Waals surface area (Å²) in [7, 11) is -2.08. The van der Waals surface area contributed by atoms with Crippen molar-refractivity contribution in [3.63, 3.8) is 0 Å². The summed E-state index contributed by atoms with van der Waals surface area (Å²) in [5.74, 6) is 0.613. The Morgan fingerprint density at radius 3 is 2.62 bits per heavy atom. The first-order valence-electron chi connectivity index (χ1n) is 3.75. The van der Waals surface area contributed by atoms with Gasteiger partial charge in [0.15, 0.2) is 0 Å². The highest BCUT2D eigenvalue weighted by atomic mass is 32.2. The van der Waals surface area contributed by atoms with Crippen LogP contribution in [0.1, 0.15) is 6.42 Å². The molecule has 2 bridgehead atoms. The molecule has 0 aromatic rings. The Kier molecular flexibility index (Phi) is 1.61. The summed E-state index contributed by atoms with van der Waals surface area (Å²) >= 11 is 0. The van der Waals surface area contributed by atoms with E-state index in [9.17, 15) is 8.42 Å². The molecular weight excluding hydrogens is 190 g/mol. The molecule has 4 nitrogen and oxygen atoms in total. The van der Waals surface area contributed by atoms with Crippen molar-refractivity contribution in [3.8, 4) is 0 Å². The maximum atomic E-state index is 11.1. The van der Waals surface area contributed by atoms with Crippen molar-refractivity contribution in [2.45, 2.75) is 6.42 Å². The second-order valence-electron chi connectivity index (χ2n) is 3.00. The van der Waals surface area contributed by atoms with Gasteiger partial charge in [-0.05, 0) is 17.7 Å². The average molecular weight is 199 g/mol. The van der Waals surface area contributed by atoms with Crippen LogP contribution in [-0.4, -0.2) is 15.5 Å². The third kappa shape index (κ3) is 1.20. The molecule has 0 radical (unpaired) electrons. The lowest BCUT2D eigenvalue weighted by atomic mass is 10.2. The van der Waals surface area contributed by atoms with E-state index in [1.807, 2.05) is 6.08 Å². The highest BCUT2D eigenvalue weighted by molar-refractivity contribution is 7.93. The maximum absolute atomic E-state index is 11.1. The van der Waals surface area contributed by atoms with Crippen LogP contribution in [0.15, 0.2) is 34.0 Å². The Bertz CT molecular complexity index is 454. The van der Waals surface area contributed by atoms with Gasteiger partial charge in [0.2, 0.25) is 10.0 Å². The zero-order valence-corrected chi connectivity index (χ0v) is 7.89. The molecule has 0 amide bonds. The van der Waals surface area contributed by atoms with Gasteiger partial charge >= 0.3 is 0 Å². The summed E-state index contributed by atoms with van der Waals surface area (Å²) in [6, 6.07) is 0. The average Bonchev–Trinajstić information content (AvgIpc) is 2.59. The summed E-state index contributed by atoms with van der Waals surface area (Å²) in [5.41, 5.74) is 1.62. The van der Waals surface area contributed by atoms with E-state index in [-0.39, 0.29) is 4.91 Å². The van der Waals surface area contributed by atoms with E-state index >= 15 is 0 Å². The van der Waals surface area contributed by atoms with Crippen molar-refractivity contribution in [1.82, 2.24) is 0 Å². The number of sulfonamides is 1. The SMILES string of the molecule is COC1=C2CC(=C1)C=C2S(N)(=O)=O. The molecule has 0 aliphatic heterocycles. The van der Waals surface area contributed by atoms with Crippen molar-refractivity contribution in [3.05, 3.63) is 34.0 Å². The lowest BCUT2D eigenvalue weighted by Gasteiger charge is -2.06. The molecule has 0 saturated carbocycles. The fourth-order valence-electron chi connectivity index (χ4n) is 1.59. The molecule has 0 aromatic carbocycles. The highest BCUT2D eigenvalue weighted by Crippen LogP contribution is 2.40. The van der Waals surface area contributed by atoms with Gasteiger partial charge < -0.3 is 4.74 Å². The smallest absolute Gasteiger partial charge is 0.238 e. The van der Waals surface area contributed by atoms with Crippen molar-refractivity contribution in [1.29, 1.82) is 0 Å². The number of fused-ring (bicyclic) bond motifs is 2. The highest BCUT2D eigenvalue weighted by Gasteiger charge is 2.31. The molecule has 2 aliphatic rings. The van der Waals surface area contributed by atoms with Gasteiger partial charge in [0.25, 0.3) is 0 Å². The van der Waals surface area contributed by atoms with Crippen LogP contribution in [0.2, 0.25) is 0 Å². The van der Waals surface area contributed by atoms with Gasteiger partial charge in [-0.3, -0.25) is 0 Å². The van der Waals surface area contributed by atoms with E-state index < -0.39 is 10.0 Å². The molecular formula is C8H9NO3S. The number of nitrogens with two attached hydrogens (primary N) is 1. The first-order valence-corrected chi connectivity index (χ1v) is 5.29. The number of rotatable bonds is 2. The van der Waals surface area contributed by atoms with E-state index in [2.05, 4.69) is 0 Å². The van der Waals surface area contributed by atoms with E-state index in [0.717, 1.165) is 5.57 Å². The molecule has 0 spiro atoms. The molecule has 2 N–H and O–H groups in total. The first-order chi connectivity index (χ1) is 6.02. The fraction of sp³-hybridized carbons (Fsp3) is 0.250. The van der Waals surface area contributed by atoms with Crippen LogP contribution in [-0.2, 0) is 14.8 Å². The first kappa shape index (κ1) is 8.52. The minimum Gasteiger partial charge on any atom is -0.496 e. The normalized spacial score (nSPS) is 20.5. The van der Waals surface area contributed by atoms with Gasteiger partial charge in [-0.25, -0.2) is 13.6 Å². The van der Waals surface area contributed by atoms with E-state index in [0.29, 0.717) is 17.8 Å². The van der Waals surface area contributed by atoms with Crippen molar-refractivity contribution in [2.24, 2.45) is 5.14 Å². The number of hydrogen-bond donors (Lipinski definition) is 1. The predicted molar refractivity (Wildman–Crippen MR) is 47.9 cm³/mol. The minimum atomic E-state index is -3.59. The minimum absolute atomic E-state index is 0.196. The van der Waals surface area contributed by atoms with Crippen LogP contribution < -0.4 is 5.14 Å². The largest absolute Gasteiger partial charge is 0.496 e. The predicted octanol–water partition coefficient (Wildman–Crippen LogP) is 0.403. The third-order valence-corrected chi connectivity index (χ3v) is 3.11. The summed E-state index contributed by atoms with van der Waals surface area (Å²) in [6.45, 7) is 0. The molecule has 2 aliphatic carbocycles. The Labute approximate surface area is 76.4 Å². The number of ether oxygens (including phenoxy) is 1. The van der Waals surface area contributed by atoms with Crippen LogP contribution >= 0.6 is 0 Å².